The van der Waals surface area contributed by atoms with Crippen molar-refractivity contribution < 1.29 is 23.9 Å². The van der Waals surface area contributed by atoms with Gasteiger partial charge in [-0.05, 0) is 70.5 Å². The third-order valence-electron chi connectivity index (χ3n) is 4.39. The lowest BCUT2D eigenvalue weighted by atomic mass is 10.0. The Bertz CT molecular complexity index is 1040. The van der Waals surface area contributed by atoms with Gasteiger partial charge < -0.3 is 10.1 Å². The first-order chi connectivity index (χ1) is 14.3. The second-order valence-corrected chi connectivity index (χ2v) is 8.15. The topological polar surface area (TPSA) is 92.8 Å². The van der Waals surface area contributed by atoms with Crippen LogP contribution in [0.4, 0.5) is 11.4 Å². The summed E-state index contributed by atoms with van der Waals surface area (Å²) >= 11 is 2.21. The first-order valence-electron chi connectivity index (χ1n) is 9.19. The zero-order valence-corrected chi connectivity index (χ0v) is 18.5. The summed E-state index contributed by atoms with van der Waals surface area (Å²) in [5.74, 6) is -1.94. The van der Waals surface area contributed by atoms with Crippen molar-refractivity contribution in [3.63, 3.8) is 0 Å². The van der Waals surface area contributed by atoms with Gasteiger partial charge in [-0.25, -0.2) is 9.69 Å². The van der Waals surface area contributed by atoms with Crippen molar-refractivity contribution in [1.29, 1.82) is 0 Å². The molecule has 2 aromatic rings. The van der Waals surface area contributed by atoms with Crippen molar-refractivity contribution in [2.45, 2.75) is 19.8 Å². The van der Waals surface area contributed by atoms with Crippen LogP contribution < -0.4 is 10.2 Å². The number of esters is 1. The summed E-state index contributed by atoms with van der Waals surface area (Å²) in [6, 6.07) is 11.6. The fourth-order valence-corrected chi connectivity index (χ4v) is 3.47. The van der Waals surface area contributed by atoms with Crippen molar-refractivity contribution in [3.8, 4) is 0 Å². The molecule has 1 N–H and O–H groups in total. The van der Waals surface area contributed by atoms with Crippen molar-refractivity contribution in [1.82, 2.24) is 0 Å². The van der Waals surface area contributed by atoms with Crippen molar-refractivity contribution in [2.24, 2.45) is 0 Å². The number of benzene rings is 2. The summed E-state index contributed by atoms with van der Waals surface area (Å²) in [5.41, 5.74) is 2.05. The van der Waals surface area contributed by atoms with E-state index in [-0.39, 0.29) is 17.2 Å². The average molecular weight is 518 g/mol. The van der Waals surface area contributed by atoms with E-state index in [0.717, 1.165) is 26.2 Å². The lowest BCUT2D eigenvalue weighted by Gasteiger charge is -2.15. The fourth-order valence-electron chi connectivity index (χ4n) is 2.95. The fraction of sp³-hybridized carbons (Fsp3) is 0.182. The van der Waals surface area contributed by atoms with Crippen LogP contribution in [0.2, 0.25) is 0 Å². The molecule has 3 rings (SSSR count). The van der Waals surface area contributed by atoms with Gasteiger partial charge in [0.05, 0.1) is 11.3 Å². The van der Waals surface area contributed by atoms with Crippen LogP contribution in [0.15, 0.2) is 54.6 Å². The van der Waals surface area contributed by atoms with Crippen LogP contribution >= 0.6 is 22.6 Å². The Kier molecular flexibility index (Phi) is 6.66. The summed E-state index contributed by atoms with van der Waals surface area (Å²) in [4.78, 5) is 49.2. The van der Waals surface area contributed by atoms with Gasteiger partial charge in [-0.3, -0.25) is 14.4 Å². The molecule has 0 unspecified atom stereocenters. The number of nitrogens with one attached hydrogen (secondary N) is 1. The highest BCUT2D eigenvalue weighted by Gasteiger charge is 2.25. The van der Waals surface area contributed by atoms with Crippen molar-refractivity contribution >= 4 is 57.7 Å². The molecule has 1 aliphatic rings. The van der Waals surface area contributed by atoms with E-state index in [1.165, 1.54) is 24.3 Å². The molecule has 0 bridgehead atoms. The normalized spacial score (nSPS) is 13.1. The molecule has 0 saturated heterocycles. The molecule has 0 spiro atoms. The molecule has 1 aliphatic heterocycles. The number of carbonyl (C=O) groups excluding carboxylic acids is 4. The van der Waals surface area contributed by atoms with E-state index < -0.39 is 30.3 Å². The minimum atomic E-state index is -0.731. The van der Waals surface area contributed by atoms with Gasteiger partial charge in [-0.1, -0.05) is 19.9 Å². The first kappa shape index (κ1) is 21.7. The van der Waals surface area contributed by atoms with Crippen LogP contribution in [0.1, 0.15) is 35.7 Å². The largest absolute Gasteiger partial charge is 0.452 e. The molecule has 0 saturated carbocycles. The molecule has 0 fully saturated rings. The quantitative estimate of drug-likeness (QED) is 0.358. The lowest BCUT2D eigenvalue weighted by Crippen LogP contribution is -2.29. The van der Waals surface area contributed by atoms with Gasteiger partial charge in [0.2, 0.25) is 0 Å². The van der Waals surface area contributed by atoms with Crippen LogP contribution in [0, 0.1) is 3.57 Å². The standard InChI is InChI=1S/C22H19IN2O5/c1-13(2)17-11-15(23)6-7-18(17)24-19(26)12-30-22(29)14-4-3-5-16(10-14)25-20(27)8-9-21(25)28/h3-11,13H,12H2,1-2H3,(H,24,26). The predicted molar refractivity (Wildman–Crippen MR) is 120 cm³/mol. The van der Waals surface area contributed by atoms with E-state index >= 15 is 0 Å². The first-order valence-corrected chi connectivity index (χ1v) is 10.3. The molecule has 1 heterocycles. The second kappa shape index (κ2) is 9.21. The van der Waals surface area contributed by atoms with Crippen molar-refractivity contribution in [2.75, 3.05) is 16.8 Å². The van der Waals surface area contributed by atoms with Crippen LogP contribution in [-0.2, 0) is 19.1 Å². The summed E-state index contributed by atoms with van der Waals surface area (Å²) in [7, 11) is 0. The van der Waals surface area contributed by atoms with Gasteiger partial charge in [-0.2, -0.15) is 0 Å². The number of halogens is 1. The highest BCUT2D eigenvalue weighted by atomic mass is 127. The molecule has 3 amide bonds. The molecule has 30 heavy (non-hydrogen) atoms. The van der Waals surface area contributed by atoms with Crippen LogP contribution in [-0.4, -0.2) is 30.3 Å². The molecule has 154 valence electrons. The highest BCUT2D eigenvalue weighted by molar-refractivity contribution is 14.1. The number of amides is 3. The molecule has 7 nitrogen and oxygen atoms in total. The number of nitrogens with zero attached hydrogens (tertiary/aromatic N) is 1. The maximum atomic E-state index is 12.3. The Morgan fingerprint density at radius 2 is 1.77 bits per heavy atom. The van der Waals surface area contributed by atoms with E-state index in [0.29, 0.717) is 5.69 Å². The number of carbonyl (C=O) groups is 4. The summed E-state index contributed by atoms with van der Waals surface area (Å²) in [5, 5.41) is 2.77. The molecular weight excluding hydrogens is 499 g/mol. The summed E-state index contributed by atoms with van der Waals surface area (Å²) in [6.07, 6.45) is 2.32. The SMILES string of the molecule is CC(C)c1cc(I)ccc1NC(=O)COC(=O)c1cccc(N2C(=O)C=CC2=O)c1. The van der Waals surface area contributed by atoms with Gasteiger partial charge in [0.15, 0.2) is 6.61 Å². The molecule has 0 radical (unpaired) electrons. The maximum Gasteiger partial charge on any atom is 0.338 e. The molecular formula is C22H19IN2O5. The summed E-state index contributed by atoms with van der Waals surface area (Å²) in [6.45, 7) is 3.59. The number of rotatable bonds is 6. The second-order valence-electron chi connectivity index (χ2n) is 6.91. The minimum Gasteiger partial charge on any atom is -0.452 e. The monoisotopic (exact) mass is 518 g/mol. The smallest absolute Gasteiger partial charge is 0.338 e. The molecule has 0 aromatic heterocycles. The van der Waals surface area contributed by atoms with Crippen LogP contribution in [0.3, 0.4) is 0 Å². The van der Waals surface area contributed by atoms with E-state index in [1.54, 1.807) is 0 Å². The van der Waals surface area contributed by atoms with E-state index in [9.17, 15) is 19.2 Å². The average Bonchev–Trinajstić information content (AvgIpc) is 3.05. The molecule has 8 heteroatoms. The Hall–Kier alpha value is -3.01. The maximum absolute atomic E-state index is 12.3. The highest BCUT2D eigenvalue weighted by Crippen LogP contribution is 2.26. The van der Waals surface area contributed by atoms with Crippen molar-refractivity contribution in [3.05, 3.63) is 69.3 Å². The van der Waals surface area contributed by atoms with E-state index in [4.69, 9.17) is 4.74 Å². The van der Waals surface area contributed by atoms with Gasteiger partial charge in [0.25, 0.3) is 17.7 Å². The van der Waals surface area contributed by atoms with Gasteiger partial charge in [0, 0.05) is 21.4 Å². The minimum absolute atomic E-state index is 0.130. The van der Waals surface area contributed by atoms with Gasteiger partial charge in [-0.15, -0.1) is 0 Å². The van der Waals surface area contributed by atoms with E-state index in [2.05, 4.69) is 27.9 Å². The number of anilines is 2. The Balaban J connectivity index is 1.64. The Morgan fingerprint density at radius 1 is 1.07 bits per heavy atom. The van der Waals surface area contributed by atoms with Crippen LogP contribution in [0.25, 0.3) is 0 Å². The number of ether oxygens (including phenoxy) is 1. The number of hydrogen-bond donors (Lipinski definition) is 1. The zero-order valence-electron chi connectivity index (χ0n) is 16.3. The third-order valence-corrected chi connectivity index (χ3v) is 5.06. The lowest BCUT2D eigenvalue weighted by molar-refractivity contribution is -0.120. The number of imide groups is 1. The Labute approximate surface area is 187 Å². The third kappa shape index (κ3) is 4.93. The predicted octanol–water partition coefficient (Wildman–Crippen LogP) is 3.64. The van der Waals surface area contributed by atoms with Gasteiger partial charge >= 0.3 is 5.97 Å². The molecule has 2 aromatic carbocycles. The summed E-state index contributed by atoms with van der Waals surface area (Å²) < 4.78 is 6.16. The Morgan fingerprint density at radius 3 is 2.43 bits per heavy atom. The molecule has 0 aliphatic carbocycles. The van der Waals surface area contributed by atoms with E-state index in [1.807, 2.05) is 32.0 Å². The number of hydrogen-bond acceptors (Lipinski definition) is 5. The molecule has 0 atom stereocenters. The van der Waals surface area contributed by atoms with Crippen LogP contribution in [0.5, 0.6) is 0 Å². The zero-order chi connectivity index (χ0) is 21.8. The van der Waals surface area contributed by atoms with Gasteiger partial charge in [0.1, 0.15) is 0 Å².